The first-order chi connectivity index (χ1) is 26.7. The standard InChI is InChI=1S/C13H16O5.C9H8O4.C4H10O2.3C4H8O.2CH4.BHOS/c1-17-12(15)10-4-6-11(7-5-10)13(16)18-9-3-2-8-14;1-13-9(12)7-4-2-6(3-5-7)8(10)11;5-3-1-2-4-6;3*1-2-4-5-3-1;;;2-1-3/h4-7,14H,2-3,8-9H2,1H3;2-5H,1H3,(H,10,11);5-6H,1-4H2;3*1-4H2;2*1H4;2H. The molecular formula is C40H67BO15S. The van der Waals surface area contributed by atoms with Gasteiger partial charge in [0, 0.05) is 59.5 Å². The number of aliphatic hydroxyl groups excluding tert-OH is 3. The van der Waals surface area contributed by atoms with Gasteiger partial charge in [-0.3, -0.25) is 0 Å². The Morgan fingerprint density at radius 1 is 0.561 bits per heavy atom. The van der Waals surface area contributed by atoms with Gasteiger partial charge in [0.05, 0.1) is 43.1 Å². The molecule has 0 atom stereocenters. The first-order valence-electron chi connectivity index (χ1n) is 18.1. The van der Waals surface area contributed by atoms with Gasteiger partial charge >= 0.3 is 47.3 Å². The number of aromatic carboxylic acids is 1. The maximum atomic E-state index is 11.6. The number of rotatable bonds is 11. The number of carboxylic acids is 1. The number of carbonyl (C=O) groups is 4. The van der Waals surface area contributed by atoms with Gasteiger partial charge in [0.15, 0.2) is 0 Å². The molecule has 0 radical (unpaired) electrons. The van der Waals surface area contributed by atoms with Crippen LogP contribution in [-0.2, 0) is 28.4 Å². The van der Waals surface area contributed by atoms with E-state index < -0.39 is 23.9 Å². The quantitative estimate of drug-likeness (QED) is 0.0793. The molecule has 5 N–H and O–H groups in total. The van der Waals surface area contributed by atoms with Gasteiger partial charge in [-0.15, -0.1) is 0 Å². The second-order valence-electron chi connectivity index (χ2n) is 11.2. The van der Waals surface area contributed by atoms with Gasteiger partial charge in [0.25, 0.3) is 0 Å². The molecule has 0 amide bonds. The van der Waals surface area contributed by atoms with E-state index >= 15 is 0 Å². The molecule has 2 aromatic carbocycles. The second-order valence-corrected chi connectivity index (χ2v) is 11.4. The number of carboxylic acid groups (broad SMARTS) is 1. The normalized spacial score (nSPS) is 12.6. The molecule has 17 heteroatoms. The second kappa shape index (κ2) is 44.9. The summed E-state index contributed by atoms with van der Waals surface area (Å²) in [5.74, 6) is -2.38. The summed E-state index contributed by atoms with van der Waals surface area (Å²) >= 11 is 3.82. The minimum absolute atomic E-state index is 0. The van der Waals surface area contributed by atoms with Gasteiger partial charge in [0.2, 0.25) is 0 Å². The van der Waals surface area contributed by atoms with Gasteiger partial charge in [-0.25, -0.2) is 19.2 Å². The Bertz CT molecular complexity index is 1190. The number of hydrogen-bond acceptors (Lipinski definition) is 14. The van der Waals surface area contributed by atoms with Crippen LogP contribution in [0.25, 0.3) is 0 Å². The van der Waals surface area contributed by atoms with E-state index in [1.54, 1.807) is 0 Å². The summed E-state index contributed by atoms with van der Waals surface area (Å²) in [6, 6.07) is 11.6. The van der Waals surface area contributed by atoms with Crippen molar-refractivity contribution in [3.63, 3.8) is 0 Å². The largest absolute Gasteiger partial charge is 0.396 e. The molecule has 3 fully saturated rings. The van der Waals surface area contributed by atoms with Crippen molar-refractivity contribution in [2.75, 3.05) is 80.3 Å². The van der Waals surface area contributed by atoms with Crippen molar-refractivity contribution in [3.8, 4) is 0 Å². The van der Waals surface area contributed by atoms with Gasteiger partial charge in [-0.05, 0) is 113 Å². The van der Waals surface area contributed by atoms with Crippen LogP contribution in [0.2, 0.25) is 0 Å². The molecule has 57 heavy (non-hydrogen) atoms. The predicted molar refractivity (Wildman–Crippen MR) is 222 cm³/mol. The fourth-order valence-corrected chi connectivity index (χ4v) is 3.94. The van der Waals surface area contributed by atoms with Gasteiger partial charge in [-0.1, -0.05) is 14.9 Å². The van der Waals surface area contributed by atoms with Crippen LogP contribution < -0.4 is 0 Å². The van der Waals surface area contributed by atoms with Crippen LogP contribution in [0.5, 0.6) is 0 Å². The molecule has 326 valence electrons. The van der Waals surface area contributed by atoms with E-state index in [2.05, 4.69) is 21.5 Å². The van der Waals surface area contributed by atoms with Gasteiger partial charge in [0.1, 0.15) is 0 Å². The molecule has 3 saturated heterocycles. The summed E-state index contributed by atoms with van der Waals surface area (Å²) in [6.45, 7) is 6.75. The molecule has 2 aromatic rings. The van der Waals surface area contributed by atoms with Crippen LogP contribution in [-0.4, -0.2) is 136 Å². The van der Waals surface area contributed by atoms with Crippen LogP contribution in [0.3, 0.4) is 0 Å². The minimum atomic E-state index is -1.02. The summed E-state index contributed by atoms with van der Waals surface area (Å²) in [7, 11) is 2.57. The van der Waals surface area contributed by atoms with Gasteiger partial charge in [-0.2, -0.15) is 0 Å². The summed E-state index contributed by atoms with van der Waals surface area (Å²) in [5, 5.41) is 40.6. The molecular weight excluding hydrogens is 763 g/mol. The molecule has 3 aliphatic rings. The molecule has 15 nitrogen and oxygen atoms in total. The smallest absolute Gasteiger partial charge is 0.0431 e. The van der Waals surface area contributed by atoms with Crippen LogP contribution in [0.4, 0.5) is 0 Å². The topological polar surface area (TPSA) is 225 Å². The number of carbonyl (C=O) groups excluding carboxylic acids is 3. The summed E-state index contributed by atoms with van der Waals surface area (Å²) in [5.41, 5.74) is 1.25. The van der Waals surface area contributed by atoms with Crippen LogP contribution in [0.15, 0.2) is 48.5 Å². The Balaban J connectivity index is -0.000000313. The monoisotopic (exact) mass is 830 g/mol. The Kier molecular flexibility index (Phi) is 47.1. The maximum Gasteiger partial charge on any atom is 0.0431 e. The van der Waals surface area contributed by atoms with E-state index in [4.69, 9.17) is 44.4 Å². The van der Waals surface area contributed by atoms with E-state index in [9.17, 15) is 19.2 Å². The first-order valence-corrected chi connectivity index (χ1v) is 18.5. The number of hydrogen-bond donors (Lipinski definition) is 5. The van der Waals surface area contributed by atoms with Crippen LogP contribution >= 0.6 is 12.1 Å². The molecule has 0 bridgehead atoms. The molecule has 3 aliphatic heterocycles. The number of ether oxygens (including phenoxy) is 6. The molecule has 5 rings (SSSR count). The average Bonchev–Trinajstić information content (AvgIpc) is 4.07. The minimum Gasteiger partial charge on any atom is -0.396 e. The third-order valence-corrected chi connectivity index (χ3v) is 6.93. The maximum absolute atomic E-state index is 11.6. The Morgan fingerprint density at radius 2 is 0.825 bits per heavy atom. The first kappa shape index (κ1) is 59.9. The van der Waals surface area contributed by atoms with Crippen molar-refractivity contribution >= 4 is 42.3 Å². The molecule has 0 unspecified atom stereocenters. The zero-order chi connectivity index (χ0) is 41.4. The number of aliphatic hydroxyl groups is 3. The van der Waals surface area contributed by atoms with Crippen molar-refractivity contribution in [2.45, 2.75) is 79.1 Å². The van der Waals surface area contributed by atoms with E-state index in [0.717, 1.165) is 52.5 Å². The van der Waals surface area contributed by atoms with Crippen LogP contribution in [0.1, 0.15) is 120 Å². The fraction of sp³-hybridized carbons (Fsp3) is 0.600. The summed E-state index contributed by atoms with van der Waals surface area (Å²) < 4.78 is 28.8. The molecule has 0 spiro atoms. The van der Waals surface area contributed by atoms with E-state index in [-0.39, 0.29) is 46.8 Å². The summed E-state index contributed by atoms with van der Waals surface area (Å²) in [4.78, 5) is 44.1. The number of unbranched alkanes of at least 4 members (excludes halogenated alkanes) is 2. The molecule has 0 saturated carbocycles. The molecule has 0 aromatic heterocycles. The number of methoxy groups -OCH3 is 2. The average molecular weight is 831 g/mol. The third-order valence-electron chi connectivity index (χ3n) is 6.93. The zero-order valence-corrected chi connectivity index (χ0v) is 32.9. The van der Waals surface area contributed by atoms with E-state index in [1.807, 2.05) is 0 Å². The van der Waals surface area contributed by atoms with Crippen molar-refractivity contribution in [3.05, 3.63) is 70.8 Å². The SMILES string of the molecule is C.C.C1CCOC1.C1CCOC1.C1CCOC1.COC(=O)c1ccc(C(=O)O)cc1.COC(=O)c1ccc(C(=O)OCCCCO)cc1.OB=S.OCCCCO. The van der Waals surface area contributed by atoms with Crippen molar-refractivity contribution in [1.82, 2.24) is 0 Å². The Labute approximate surface area is 344 Å². The van der Waals surface area contributed by atoms with E-state index in [1.165, 1.54) is 101 Å². The summed E-state index contributed by atoms with van der Waals surface area (Å²) in [6.07, 6.45) is 10.9. The van der Waals surface area contributed by atoms with E-state index in [0.29, 0.717) is 35.9 Å². The number of esters is 3. The molecule has 3 heterocycles. The Hall–Kier alpha value is -3.84. The van der Waals surface area contributed by atoms with Gasteiger partial charge < -0.3 is 48.8 Å². The van der Waals surface area contributed by atoms with Crippen molar-refractivity contribution in [2.24, 2.45) is 0 Å². The third kappa shape index (κ3) is 36.3. The molecule has 0 aliphatic carbocycles. The Morgan fingerprint density at radius 3 is 1.05 bits per heavy atom. The van der Waals surface area contributed by atoms with Crippen molar-refractivity contribution in [1.29, 1.82) is 0 Å². The van der Waals surface area contributed by atoms with Crippen molar-refractivity contribution < 1.29 is 73.0 Å². The number of benzene rings is 2. The zero-order valence-electron chi connectivity index (χ0n) is 32.1. The van der Waals surface area contributed by atoms with Crippen LogP contribution in [0, 0.1) is 0 Å². The fourth-order valence-electron chi connectivity index (χ4n) is 3.94. The predicted octanol–water partition coefficient (Wildman–Crippen LogP) is 5.70.